The van der Waals surface area contributed by atoms with Crippen LogP contribution in [-0.2, 0) is 4.79 Å². The Bertz CT molecular complexity index is 134. The number of nitrogens with one attached hydrogen (secondary N) is 1. The highest BCUT2D eigenvalue weighted by Crippen LogP contribution is 2.15. The molecule has 0 heterocycles. The van der Waals surface area contributed by atoms with E-state index in [0.717, 1.165) is 18.9 Å². The topological polar surface area (TPSA) is 29.1 Å². The molecule has 0 aliphatic rings. The van der Waals surface area contributed by atoms with Crippen LogP contribution in [0.25, 0.3) is 0 Å². The molecule has 2 heteroatoms. The molecule has 0 fully saturated rings. The SMILES string of the molecule is CCCC[C@@H](CC)CCNC(C)=O. The minimum Gasteiger partial charge on any atom is -0.356 e. The number of hydrogen-bond acceptors (Lipinski definition) is 1. The fourth-order valence-electron chi connectivity index (χ4n) is 1.50. The van der Waals surface area contributed by atoms with Crippen LogP contribution in [0.5, 0.6) is 0 Å². The number of rotatable bonds is 7. The van der Waals surface area contributed by atoms with Crippen molar-refractivity contribution >= 4 is 5.91 Å². The van der Waals surface area contributed by atoms with E-state index in [1.807, 2.05) is 0 Å². The molecule has 0 aliphatic heterocycles. The largest absolute Gasteiger partial charge is 0.356 e. The van der Waals surface area contributed by atoms with Gasteiger partial charge in [0.05, 0.1) is 0 Å². The molecule has 1 N–H and O–H groups in total. The number of unbranched alkanes of at least 4 members (excludes halogenated alkanes) is 1. The van der Waals surface area contributed by atoms with Gasteiger partial charge in [0.25, 0.3) is 0 Å². The minimum absolute atomic E-state index is 0.0883. The van der Waals surface area contributed by atoms with Gasteiger partial charge in [-0.25, -0.2) is 0 Å². The normalized spacial score (nSPS) is 12.5. The van der Waals surface area contributed by atoms with E-state index in [1.165, 1.54) is 25.7 Å². The van der Waals surface area contributed by atoms with Gasteiger partial charge in [-0.15, -0.1) is 0 Å². The number of carbonyl (C=O) groups excluding carboxylic acids is 1. The van der Waals surface area contributed by atoms with Gasteiger partial charge in [-0.1, -0.05) is 39.5 Å². The molecule has 0 radical (unpaired) electrons. The van der Waals surface area contributed by atoms with Crippen molar-refractivity contribution in [1.29, 1.82) is 0 Å². The van der Waals surface area contributed by atoms with Crippen LogP contribution in [0.3, 0.4) is 0 Å². The minimum atomic E-state index is 0.0883. The van der Waals surface area contributed by atoms with Crippen molar-refractivity contribution in [2.24, 2.45) is 5.92 Å². The van der Waals surface area contributed by atoms with Crippen molar-refractivity contribution in [2.75, 3.05) is 6.54 Å². The summed E-state index contributed by atoms with van der Waals surface area (Å²) in [7, 11) is 0. The zero-order valence-corrected chi connectivity index (χ0v) is 9.23. The van der Waals surface area contributed by atoms with Gasteiger partial charge in [0, 0.05) is 13.5 Å². The fraction of sp³-hybridized carbons (Fsp3) is 0.909. The first-order valence-electron chi connectivity index (χ1n) is 5.45. The highest BCUT2D eigenvalue weighted by atomic mass is 16.1. The van der Waals surface area contributed by atoms with Crippen LogP contribution in [0.2, 0.25) is 0 Å². The van der Waals surface area contributed by atoms with E-state index in [0.29, 0.717) is 0 Å². The van der Waals surface area contributed by atoms with E-state index in [-0.39, 0.29) is 5.91 Å². The molecule has 0 bridgehead atoms. The lowest BCUT2D eigenvalue weighted by atomic mass is 9.96. The zero-order valence-electron chi connectivity index (χ0n) is 9.23. The maximum Gasteiger partial charge on any atom is 0.216 e. The predicted molar refractivity (Wildman–Crippen MR) is 56.6 cm³/mol. The van der Waals surface area contributed by atoms with Crippen LogP contribution in [-0.4, -0.2) is 12.5 Å². The summed E-state index contributed by atoms with van der Waals surface area (Å²) >= 11 is 0. The summed E-state index contributed by atoms with van der Waals surface area (Å²) in [6.45, 7) is 6.87. The summed E-state index contributed by atoms with van der Waals surface area (Å²) in [5.41, 5.74) is 0. The Labute approximate surface area is 82.1 Å². The Morgan fingerprint density at radius 2 is 2.00 bits per heavy atom. The van der Waals surface area contributed by atoms with Crippen molar-refractivity contribution in [2.45, 2.75) is 52.9 Å². The molecule has 0 aromatic carbocycles. The third-order valence-electron chi connectivity index (χ3n) is 2.47. The molecule has 1 atom stereocenters. The second-order valence-corrected chi connectivity index (χ2v) is 3.69. The summed E-state index contributed by atoms with van der Waals surface area (Å²) in [4.78, 5) is 10.6. The van der Waals surface area contributed by atoms with Gasteiger partial charge in [0.1, 0.15) is 0 Å². The smallest absolute Gasteiger partial charge is 0.216 e. The molecule has 0 saturated heterocycles. The Kier molecular flexibility index (Phi) is 7.76. The van der Waals surface area contributed by atoms with Crippen LogP contribution in [0.1, 0.15) is 52.9 Å². The van der Waals surface area contributed by atoms with E-state index in [1.54, 1.807) is 6.92 Å². The van der Waals surface area contributed by atoms with E-state index in [9.17, 15) is 4.79 Å². The molecule has 0 rings (SSSR count). The first-order chi connectivity index (χ1) is 6.20. The molecule has 0 aromatic rings. The van der Waals surface area contributed by atoms with E-state index < -0.39 is 0 Å². The predicted octanol–water partition coefficient (Wildman–Crippen LogP) is 2.73. The summed E-state index contributed by atoms with van der Waals surface area (Å²) < 4.78 is 0. The Morgan fingerprint density at radius 1 is 1.31 bits per heavy atom. The number of amides is 1. The average molecular weight is 185 g/mol. The molecule has 0 spiro atoms. The molecule has 0 unspecified atom stereocenters. The first-order valence-corrected chi connectivity index (χ1v) is 5.45. The van der Waals surface area contributed by atoms with Crippen molar-refractivity contribution < 1.29 is 4.79 Å². The standard InChI is InChI=1S/C11H23NO/c1-4-6-7-11(5-2)8-9-12-10(3)13/h11H,4-9H2,1-3H3,(H,12,13)/t11-/m1/s1. The molecular formula is C11H23NO. The highest BCUT2D eigenvalue weighted by Gasteiger charge is 2.05. The molecule has 0 aliphatic carbocycles. The van der Waals surface area contributed by atoms with Crippen LogP contribution < -0.4 is 5.32 Å². The fourth-order valence-corrected chi connectivity index (χ4v) is 1.50. The second-order valence-electron chi connectivity index (χ2n) is 3.69. The maximum absolute atomic E-state index is 10.6. The van der Waals surface area contributed by atoms with Gasteiger partial charge in [-0.05, 0) is 12.3 Å². The Hall–Kier alpha value is -0.530. The van der Waals surface area contributed by atoms with Gasteiger partial charge in [0.2, 0.25) is 5.91 Å². The molecule has 0 saturated carbocycles. The quantitative estimate of drug-likeness (QED) is 0.649. The molecule has 1 amide bonds. The summed E-state index contributed by atoms with van der Waals surface area (Å²) in [5, 5.41) is 2.85. The van der Waals surface area contributed by atoms with Crippen molar-refractivity contribution in [3.63, 3.8) is 0 Å². The summed E-state index contributed by atoms with van der Waals surface area (Å²) in [5.74, 6) is 0.886. The molecule has 0 aromatic heterocycles. The zero-order chi connectivity index (χ0) is 10.1. The second kappa shape index (κ2) is 8.09. The van der Waals surface area contributed by atoms with E-state index >= 15 is 0 Å². The number of hydrogen-bond donors (Lipinski definition) is 1. The Morgan fingerprint density at radius 3 is 2.46 bits per heavy atom. The molecule has 78 valence electrons. The van der Waals surface area contributed by atoms with Crippen molar-refractivity contribution in [3.8, 4) is 0 Å². The maximum atomic E-state index is 10.6. The molecular weight excluding hydrogens is 162 g/mol. The monoisotopic (exact) mass is 185 g/mol. The van der Waals surface area contributed by atoms with Crippen LogP contribution in [0, 0.1) is 5.92 Å². The summed E-state index contributed by atoms with van der Waals surface area (Å²) in [6.07, 6.45) is 6.28. The van der Waals surface area contributed by atoms with Gasteiger partial charge in [-0.2, -0.15) is 0 Å². The highest BCUT2D eigenvalue weighted by molar-refractivity contribution is 5.72. The first kappa shape index (κ1) is 12.5. The molecule has 13 heavy (non-hydrogen) atoms. The average Bonchev–Trinajstić information content (AvgIpc) is 2.10. The van der Waals surface area contributed by atoms with Gasteiger partial charge in [-0.3, -0.25) is 4.79 Å². The Balaban J connectivity index is 3.41. The van der Waals surface area contributed by atoms with Crippen molar-refractivity contribution in [3.05, 3.63) is 0 Å². The van der Waals surface area contributed by atoms with Gasteiger partial charge in [0.15, 0.2) is 0 Å². The van der Waals surface area contributed by atoms with Gasteiger partial charge < -0.3 is 5.32 Å². The van der Waals surface area contributed by atoms with Gasteiger partial charge >= 0.3 is 0 Å². The van der Waals surface area contributed by atoms with Crippen molar-refractivity contribution in [1.82, 2.24) is 5.32 Å². The third kappa shape index (κ3) is 7.82. The van der Waals surface area contributed by atoms with Crippen LogP contribution >= 0.6 is 0 Å². The lowest BCUT2D eigenvalue weighted by Crippen LogP contribution is -2.22. The van der Waals surface area contributed by atoms with Crippen LogP contribution in [0.15, 0.2) is 0 Å². The third-order valence-corrected chi connectivity index (χ3v) is 2.47. The molecule has 2 nitrogen and oxygen atoms in total. The lowest BCUT2D eigenvalue weighted by Gasteiger charge is -2.13. The summed E-state index contributed by atoms with van der Waals surface area (Å²) in [6, 6.07) is 0. The lowest BCUT2D eigenvalue weighted by molar-refractivity contribution is -0.119. The van der Waals surface area contributed by atoms with Crippen LogP contribution in [0.4, 0.5) is 0 Å². The number of carbonyl (C=O) groups is 1. The van der Waals surface area contributed by atoms with E-state index in [4.69, 9.17) is 0 Å². The van der Waals surface area contributed by atoms with E-state index in [2.05, 4.69) is 19.2 Å².